The molecule has 0 saturated carbocycles. The van der Waals surface area contributed by atoms with Gasteiger partial charge < -0.3 is 10.6 Å². The number of carbonyl (C=O) groups excluding carboxylic acids is 1. The summed E-state index contributed by atoms with van der Waals surface area (Å²) in [5, 5.41) is 6.24. The molecule has 5 nitrogen and oxygen atoms in total. The molecular formula is C25H21BrN4O. The van der Waals surface area contributed by atoms with Crippen LogP contribution in [0, 0.1) is 13.8 Å². The van der Waals surface area contributed by atoms with E-state index in [1.165, 1.54) is 0 Å². The van der Waals surface area contributed by atoms with Gasteiger partial charge in [0, 0.05) is 33.0 Å². The molecule has 0 saturated heterocycles. The van der Waals surface area contributed by atoms with E-state index in [1.807, 2.05) is 80.6 Å². The van der Waals surface area contributed by atoms with Crippen molar-refractivity contribution < 1.29 is 4.79 Å². The Kier molecular flexibility index (Phi) is 6.09. The molecule has 0 spiro atoms. The van der Waals surface area contributed by atoms with Crippen molar-refractivity contribution in [1.82, 2.24) is 9.97 Å². The second-order valence-electron chi connectivity index (χ2n) is 7.18. The highest BCUT2D eigenvalue weighted by Gasteiger charge is 2.09. The van der Waals surface area contributed by atoms with Gasteiger partial charge in [-0.3, -0.25) is 4.79 Å². The number of amides is 1. The van der Waals surface area contributed by atoms with Gasteiger partial charge in [-0.25, -0.2) is 9.97 Å². The Bertz CT molecular complexity index is 1240. The van der Waals surface area contributed by atoms with Gasteiger partial charge in [-0.2, -0.15) is 0 Å². The summed E-state index contributed by atoms with van der Waals surface area (Å²) < 4.78 is 1.01. The van der Waals surface area contributed by atoms with Crippen LogP contribution >= 0.6 is 15.9 Å². The third kappa shape index (κ3) is 5.16. The quantitative estimate of drug-likeness (QED) is 0.346. The van der Waals surface area contributed by atoms with Crippen LogP contribution in [0.2, 0.25) is 0 Å². The predicted molar refractivity (Wildman–Crippen MR) is 129 cm³/mol. The minimum atomic E-state index is -0.172. The highest BCUT2D eigenvalue weighted by molar-refractivity contribution is 9.10. The molecule has 0 unspecified atom stereocenters. The fourth-order valence-corrected chi connectivity index (χ4v) is 3.45. The van der Waals surface area contributed by atoms with Crippen molar-refractivity contribution in [1.29, 1.82) is 0 Å². The molecule has 0 aliphatic carbocycles. The number of rotatable bonds is 5. The van der Waals surface area contributed by atoms with Crippen LogP contribution in [-0.2, 0) is 0 Å². The summed E-state index contributed by atoms with van der Waals surface area (Å²) in [6.07, 6.45) is 0. The maximum Gasteiger partial charge on any atom is 0.255 e. The molecule has 0 aliphatic heterocycles. The van der Waals surface area contributed by atoms with Crippen molar-refractivity contribution in [3.8, 4) is 11.3 Å². The molecule has 1 aromatic heterocycles. The lowest BCUT2D eigenvalue weighted by Crippen LogP contribution is -2.12. The average molecular weight is 473 g/mol. The van der Waals surface area contributed by atoms with Crippen LogP contribution < -0.4 is 10.6 Å². The molecule has 31 heavy (non-hydrogen) atoms. The molecule has 1 heterocycles. The maximum absolute atomic E-state index is 12.7. The number of halogens is 1. The number of hydrogen-bond acceptors (Lipinski definition) is 4. The van der Waals surface area contributed by atoms with Gasteiger partial charge in [-0.1, -0.05) is 52.3 Å². The summed E-state index contributed by atoms with van der Waals surface area (Å²) in [4.78, 5) is 21.8. The molecule has 154 valence electrons. The summed E-state index contributed by atoms with van der Waals surface area (Å²) in [5.41, 5.74) is 5.00. The molecule has 0 aliphatic rings. The van der Waals surface area contributed by atoms with Gasteiger partial charge in [0.05, 0.1) is 5.69 Å². The lowest BCUT2D eigenvalue weighted by Gasteiger charge is -2.11. The number of nitrogens with zero attached hydrogens (tertiary/aromatic N) is 2. The normalized spacial score (nSPS) is 10.5. The van der Waals surface area contributed by atoms with Gasteiger partial charge in [-0.15, -0.1) is 0 Å². The van der Waals surface area contributed by atoms with E-state index < -0.39 is 0 Å². The van der Waals surface area contributed by atoms with Gasteiger partial charge in [0.25, 0.3) is 5.91 Å². The first kappa shape index (κ1) is 20.8. The third-order valence-corrected chi connectivity index (χ3v) is 5.61. The van der Waals surface area contributed by atoms with E-state index in [0.717, 1.165) is 32.7 Å². The molecule has 4 aromatic rings. The first-order valence-corrected chi connectivity index (χ1v) is 10.6. The highest BCUT2D eigenvalue weighted by Crippen LogP contribution is 2.24. The van der Waals surface area contributed by atoms with Crippen molar-refractivity contribution >= 4 is 39.0 Å². The van der Waals surface area contributed by atoms with E-state index in [4.69, 9.17) is 0 Å². The van der Waals surface area contributed by atoms with E-state index in [1.54, 1.807) is 12.1 Å². The minimum Gasteiger partial charge on any atom is -0.340 e. The Balaban J connectivity index is 1.54. The zero-order valence-corrected chi connectivity index (χ0v) is 18.8. The van der Waals surface area contributed by atoms with Crippen molar-refractivity contribution in [2.75, 3.05) is 10.6 Å². The van der Waals surface area contributed by atoms with Crippen LogP contribution in [0.25, 0.3) is 11.3 Å². The monoisotopic (exact) mass is 472 g/mol. The lowest BCUT2D eigenvalue weighted by atomic mass is 10.1. The fourth-order valence-electron chi connectivity index (χ4n) is 3.20. The van der Waals surface area contributed by atoms with Gasteiger partial charge in [0.2, 0.25) is 0 Å². The van der Waals surface area contributed by atoms with Crippen LogP contribution in [0.5, 0.6) is 0 Å². The van der Waals surface area contributed by atoms with Crippen LogP contribution in [-0.4, -0.2) is 15.9 Å². The molecule has 3 aromatic carbocycles. The molecule has 0 radical (unpaired) electrons. The van der Waals surface area contributed by atoms with E-state index in [0.29, 0.717) is 17.2 Å². The van der Waals surface area contributed by atoms with E-state index in [-0.39, 0.29) is 5.91 Å². The molecule has 0 bridgehead atoms. The van der Waals surface area contributed by atoms with Gasteiger partial charge >= 0.3 is 0 Å². The van der Waals surface area contributed by atoms with Crippen molar-refractivity contribution in [3.05, 3.63) is 100 Å². The summed E-state index contributed by atoms with van der Waals surface area (Å²) in [6.45, 7) is 3.85. The number of carbonyl (C=O) groups is 1. The van der Waals surface area contributed by atoms with E-state index in [2.05, 4.69) is 36.5 Å². The SMILES string of the molecule is Cc1nc(Nc2cccc(C(=O)Nc3ccc(Br)c(C)c3)c2)cc(-c2ccccc2)n1. The maximum atomic E-state index is 12.7. The predicted octanol–water partition coefficient (Wildman–Crippen LogP) is 6.52. The van der Waals surface area contributed by atoms with Crippen molar-refractivity contribution in [3.63, 3.8) is 0 Å². The molecule has 1 amide bonds. The van der Waals surface area contributed by atoms with E-state index >= 15 is 0 Å². The first-order chi connectivity index (χ1) is 15.0. The number of hydrogen-bond donors (Lipinski definition) is 2. The Morgan fingerprint density at radius 3 is 2.42 bits per heavy atom. The summed E-state index contributed by atoms with van der Waals surface area (Å²) >= 11 is 3.48. The second kappa shape index (κ2) is 9.10. The summed E-state index contributed by atoms with van der Waals surface area (Å²) in [7, 11) is 0. The van der Waals surface area contributed by atoms with Crippen molar-refractivity contribution in [2.45, 2.75) is 13.8 Å². The van der Waals surface area contributed by atoms with Crippen LogP contribution in [0.4, 0.5) is 17.2 Å². The molecule has 4 rings (SSSR count). The number of nitrogens with one attached hydrogen (secondary N) is 2. The third-order valence-electron chi connectivity index (χ3n) is 4.72. The largest absolute Gasteiger partial charge is 0.340 e. The standard InChI is InChI=1S/C25H21BrN4O/c1-16-13-21(11-12-22(16)26)30-25(31)19-9-6-10-20(14-19)29-24-15-23(27-17(2)28-24)18-7-4-3-5-8-18/h3-15H,1-2H3,(H,30,31)(H,27,28,29). The molecule has 2 N–H and O–H groups in total. The first-order valence-electron chi connectivity index (χ1n) is 9.83. The number of benzene rings is 3. The number of aromatic nitrogens is 2. The van der Waals surface area contributed by atoms with Gasteiger partial charge in [-0.05, 0) is 55.8 Å². The zero-order chi connectivity index (χ0) is 21.8. The molecule has 6 heteroatoms. The molecule has 0 fully saturated rings. The number of anilines is 3. The van der Waals surface area contributed by atoms with Gasteiger partial charge in [0.15, 0.2) is 0 Å². The van der Waals surface area contributed by atoms with Crippen LogP contribution in [0.15, 0.2) is 83.3 Å². The van der Waals surface area contributed by atoms with Crippen molar-refractivity contribution in [2.24, 2.45) is 0 Å². The smallest absolute Gasteiger partial charge is 0.255 e. The number of aryl methyl sites for hydroxylation is 2. The summed E-state index contributed by atoms with van der Waals surface area (Å²) in [5.74, 6) is 1.17. The van der Waals surface area contributed by atoms with Gasteiger partial charge in [0.1, 0.15) is 11.6 Å². The summed E-state index contributed by atoms with van der Waals surface area (Å²) in [6, 6.07) is 24.9. The Morgan fingerprint density at radius 2 is 1.65 bits per heavy atom. The average Bonchev–Trinajstić information content (AvgIpc) is 2.77. The Hall–Kier alpha value is -3.51. The molecule has 0 atom stereocenters. The molecular weight excluding hydrogens is 452 g/mol. The second-order valence-corrected chi connectivity index (χ2v) is 8.03. The zero-order valence-electron chi connectivity index (χ0n) is 17.2. The van der Waals surface area contributed by atoms with E-state index in [9.17, 15) is 4.79 Å². The fraction of sp³-hybridized carbons (Fsp3) is 0.0800. The van der Waals surface area contributed by atoms with Crippen LogP contribution in [0.3, 0.4) is 0 Å². The topological polar surface area (TPSA) is 66.9 Å². The Morgan fingerprint density at radius 1 is 0.839 bits per heavy atom. The lowest BCUT2D eigenvalue weighted by molar-refractivity contribution is 0.102. The highest BCUT2D eigenvalue weighted by atomic mass is 79.9. The Labute approximate surface area is 189 Å². The van der Waals surface area contributed by atoms with Crippen LogP contribution in [0.1, 0.15) is 21.7 Å². The minimum absolute atomic E-state index is 0.172.